The van der Waals surface area contributed by atoms with Gasteiger partial charge in [-0.25, -0.2) is 13.1 Å². The Morgan fingerprint density at radius 1 is 1.24 bits per heavy atom. The number of rotatable bonds is 13. The zero-order chi connectivity index (χ0) is 21.3. The molecule has 0 unspecified atom stereocenters. The van der Waals surface area contributed by atoms with Crippen LogP contribution in [-0.4, -0.2) is 58.6 Å². The molecule has 1 heterocycles. The molecule has 11 heteroatoms. The van der Waals surface area contributed by atoms with E-state index in [9.17, 15) is 18.5 Å². The molecule has 0 saturated carbocycles. The molecular formula is C18H26N4O6S. The van der Waals surface area contributed by atoms with Crippen LogP contribution in [0, 0.1) is 10.1 Å². The van der Waals surface area contributed by atoms with E-state index >= 15 is 0 Å². The maximum atomic E-state index is 12.3. The monoisotopic (exact) mass is 426 g/mol. The number of benzene rings is 1. The smallest absolute Gasteiger partial charge is 0.293 e. The predicted octanol–water partition coefficient (Wildman–Crippen LogP) is 2.05. The van der Waals surface area contributed by atoms with Gasteiger partial charge in [-0.15, -0.1) is 0 Å². The van der Waals surface area contributed by atoms with Crippen molar-refractivity contribution in [1.29, 1.82) is 0 Å². The molecule has 1 aromatic carbocycles. The molecule has 1 aromatic heterocycles. The maximum absolute atomic E-state index is 12.3. The molecule has 0 atom stereocenters. The summed E-state index contributed by atoms with van der Waals surface area (Å²) >= 11 is 0. The number of hydrogen-bond donors (Lipinski definition) is 2. The first-order valence-corrected chi connectivity index (χ1v) is 10.5. The SMILES string of the molecule is CN(C)CCNS(=O)(=O)c1ccc(NCCCOCc2ccco2)c([N+](=O)[O-])c1. The van der Waals surface area contributed by atoms with Crippen LogP contribution in [-0.2, 0) is 21.4 Å². The highest BCUT2D eigenvalue weighted by molar-refractivity contribution is 7.89. The summed E-state index contributed by atoms with van der Waals surface area (Å²) in [6.07, 6.45) is 2.19. The topological polar surface area (TPSA) is 127 Å². The van der Waals surface area contributed by atoms with Crippen LogP contribution in [0.25, 0.3) is 0 Å². The van der Waals surface area contributed by atoms with Gasteiger partial charge in [0.15, 0.2) is 0 Å². The Kier molecular flexibility index (Phi) is 8.58. The summed E-state index contributed by atoms with van der Waals surface area (Å²) in [7, 11) is -0.178. The quantitative estimate of drug-likeness (QED) is 0.283. The van der Waals surface area contributed by atoms with Gasteiger partial charge in [0, 0.05) is 32.3 Å². The minimum absolute atomic E-state index is 0.143. The van der Waals surface area contributed by atoms with E-state index in [0.29, 0.717) is 32.7 Å². The van der Waals surface area contributed by atoms with Gasteiger partial charge < -0.3 is 19.4 Å². The number of hydrogen-bond acceptors (Lipinski definition) is 8. The average Bonchev–Trinajstić information content (AvgIpc) is 3.17. The maximum Gasteiger partial charge on any atom is 0.293 e. The number of nitrogens with zero attached hydrogens (tertiary/aromatic N) is 2. The van der Waals surface area contributed by atoms with Crippen molar-refractivity contribution in [3.8, 4) is 0 Å². The highest BCUT2D eigenvalue weighted by Crippen LogP contribution is 2.27. The number of nitro groups is 1. The van der Waals surface area contributed by atoms with Crippen molar-refractivity contribution in [2.75, 3.05) is 45.7 Å². The Labute approximate surface area is 170 Å². The van der Waals surface area contributed by atoms with E-state index in [1.807, 2.05) is 25.1 Å². The number of nitro benzene ring substituents is 1. The molecule has 0 spiro atoms. The van der Waals surface area contributed by atoms with Crippen LogP contribution in [0.15, 0.2) is 45.9 Å². The summed E-state index contributed by atoms with van der Waals surface area (Å²) in [4.78, 5) is 12.5. The zero-order valence-corrected chi connectivity index (χ0v) is 17.3. The largest absolute Gasteiger partial charge is 0.467 e. The van der Waals surface area contributed by atoms with Crippen LogP contribution < -0.4 is 10.0 Å². The Bertz CT molecular complexity index is 884. The molecule has 0 bridgehead atoms. The number of nitrogens with one attached hydrogen (secondary N) is 2. The fourth-order valence-corrected chi connectivity index (χ4v) is 3.47. The highest BCUT2D eigenvalue weighted by Gasteiger charge is 2.21. The summed E-state index contributed by atoms with van der Waals surface area (Å²) in [6, 6.07) is 7.41. The summed E-state index contributed by atoms with van der Waals surface area (Å²) in [6.45, 7) is 1.97. The van der Waals surface area contributed by atoms with Crippen molar-refractivity contribution in [1.82, 2.24) is 9.62 Å². The average molecular weight is 426 g/mol. The van der Waals surface area contributed by atoms with Crippen LogP contribution in [0.2, 0.25) is 0 Å². The van der Waals surface area contributed by atoms with Crippen molar-refractivity contribution in [3.63, 3.8) is 0 Å². The molecule has 2 N–H and O–H groups in total. The summed E-state index contributed by atoms with van der Waals surface area (Å²) in [5.41, 5.74) is -0.0368. The third-order valence-electron chi connectivity index (χ3n) is 3.93. The minimum Gasteiger partial charge on any atom is -0.467 e. The predicted molar refractivity (Wildman–Crippen MR) is 108 cm³/mol. The number of ether oxygens (including phenoxy) is 1. The molecule has 0 amide bonds. The van der Waals surface area contributed by atoms with Crippen molar-refractivity contribution in [3.05, 3.63) is 52.5 Å². The van der Waals surface area contributed by atoms with E-state index in [-0.39, 0.29) is 22.8 Å². The molecular weight excluding hydrogens is 400 g/mol. The number of furan rings is 1. The Balaban J connectivity index is 1.90. The van der Waals surface area contributed by atoms with Crippen molar-refractivity contribution >= 4 is 21.4 Å². The van der Waals surface area contributed by atoms with Crippen LogP contribution in [0.3, 0.4) is 0 Å². The second kappa shape index (κ2) is 10.9. The second-order valence-electron chi connectivity index (χ2n) is 6.55. The van der Waals surface area contributed by atoms with E-state index in [1.54, 1.807) is 12.3 Å². The molecule has 29 heavy (non-hydrogen) atoms. The fourth-order valence-electron chi connectivity index (χ4n) is 2.43. The first-order chi connectivity index (χ1) is 13.8. The van der Waals surface area contributed by atoms with Gasteiger partial charge >= 0.3 is 0 Å². The molecule has 0 radical (unpaired) electrons. The van der Waals surface area contributed by atoms with E-state index in [2.05, 4.69) is 10.0 Å². The van der Waals surface area contributed by atoms with Crippen LogP contribution >= 0.6 is 0 Å². The summed E-state index contributed by atoms with van der Waals surface area (Å²) in [5.74, 6) is 0.726. The molecule has 0 fully saturated rings. The van der Waals surface area contributed by atoms with E-state index < -0.39 is 14.9 Å². The third-order valence-corrected chi connectivity index (χ3v) is 5.39. The second-order valence-corrected chi connectivity index (χ2v) is 8.32. The van der Waals surface area contributed by atoms with Crippen molar-refractivity contribution in [2.45, 2.75) is 17.9 Å². The van der Waals surface area contributed by atoms with Gasteiger partial charge in [0.2, 0.25) is 10.0 Å². The third kappa shape index (κ3) is 7.46. The van der Waals surface area contributed by atoms with E-state index in [4.69, 9.17) is 9.15 Å². The van der Waals surface area contributed by atoms with Crippen LogP contribution in [0.5, 0.6) is 0 Å². The molecule has 0 aliphatic carbocycles. The van der Waals surface area contributed by atoms with Gasteiger partial charge in [0.1, 0.15) is 18.1 Å². The van der Waals surface area contributed by atoms with Gasteiger partial charge in [-0.3, -0.25) is 10.1 Å². The molecule has 2 aromatic rings. The molecule has 0 aliphatic heterocycles. The normalized spacial score (nSPS) is 11.7. The van der Waals surface area contributed by atoms with E-state index in [1.165, 1.54) is 12.1 Å². The van der Waals surface area contributed by atoms with Gasteiger partial charge in [-0.1, -0.05) is 0 Å². The van der Waals surface area contributed by atoms with Crippen LogP contribution in [0.1, 0.15) is 12.2 Å². The first kappa shape index (κ1) is 22.8. The van der Waals surface area contributed by atoms with Gasteiger partial charge in [-0.2, -0.15) is 0 Å². The van der Waals surface area contributed by atoms with Crippen molar-refractivity contribution < 1.29 is 22.5 Å². The lowest BCUT2D eigenvalue weighted by Crippen LogP contribution is -2.31. The van der Waals surface area contributed by atoms with Crippen LogP contribution in [0.4, 0.5) is 11.4 Å². The highest BCUT2D eigenvalue weighted by atomic mass is 32.2. The first-order valence-electron chi connectivity index (χ1n) is 9.06. The summed E-state index contributed by atoms with van der Waals surface area (Å²) < 4.78 is 37.7. The zero-order valence-electron chi connectivity index (χ0n) is 16.5. The number of likely N-dealkylation sites (N-methyl/N-ethyl adjacent to an activating group) is 1. The van der Waals surface area contributed by atoms with Gasteiger partial charge in [0.25, 0.3) is 5.69 Å². The molecule has 160 valence electrons. The Hall–Kier alpha value is -2.47. The summed E-state index contributed by atoms with van der Waals surface area (Å²) in [5, 5.41) is 14.3. The number of anilines is 1. The Morgan fingerprint density at radius 2 is 2.03 bits per heavy atom. The van der Waals surface area contributed by atoms with Gasteiger partial charge in [0.05, 0.1) is 16.1 Å². The molecule has 0 saturated heterocycles. The minimum atomic E-state index is -3.82. The lowest BCUT2D eigenvalue weighted by molar-refractivity contribution is -0.384. The van der Waals surface area contributed by atoms with Crippen molar-refractivity contribution in [2.24, 2.45) is 0 Å². The molecule has 0 aliphatic rings. The molecule has 2 rings (SSSR count). The number of sulfonamides is 1. The van der Waals surface area contributed by atoms with E-state index in [0.717, 1.165) is 11.8 Å². The lowest BCUT2D eigenvalue weighted by atomic mass is 10.2. The standard InChI is InChI=1S/C18H26N4O6S/c1-21(2)10-9-20-29(25,26)16-6-7-17(18(13-16)22(23)24)19-8-4-11-27-14-15-5-3-12-28-15/h3,5-7,12-13,19-20H,4,8-11,14H2,1-2H3. The molecule has 10 nitrogen and oxygen atoms in total. The van der Waals surface area contributed by atoms with Gasteiger partial charge in [-0.05, 0) is 44.8 Å². The Morgan fingerprint density at radius 3 is 2.69 bits per heavy atom. The fraction of sp³-hybridized carbons (Fsp3) is 0.444. The lowest BCUT2D eigenvalue weighted by Gasteiger charge is -2.12.